The van der Waals surface area contributed by atoms with Crippen LogP contribution in [0.4, 0.5) is 0 Å². The van der Waals surface area contributed by atoms with Crippen molar-refractivity contribution in [3.8, 4) is 0 Å². The summed E-state index contributed by atoms with van der Waals surface area (Å²) in [5.41, 5.74) is 3.12. The summed E-state index contributed by atoms with van der Waals surface area (Å²) in [5.74, 6) is 1.91. The molecule has 1 aliphatic carbocycles. The number of nitrogens with zero attached hydrogens (tertiary/aromatic N) is 2. The molecule has 0 unspecified atom stereocenters. The number of allylic oxidation sites excluding steroid dienone is 5. The lowest BCUT2D eigenvalue weighted by atomic mass is 9.98. The first-order valence-electron chi connectivity index (χ1n) is 7.42. The monoisotopic (exact) mass is 289 g/mol. The molecule has 21 heavy (non-hydrogen) atoms. The second kappa shape index (κ2) is 6.80. The van der Waals surface area contributed by atoms with Gasteiger partial charge in [0.05, 0.1) is 0 Å². The molecule has 0 aromatic carbocycles. The Hall–Kier alpha value is -1.76. The van der Waals surface area contributed by atoms with Crippen LogP contribution >= 0.6 is 0 Å². The molecular formula is C15H21N4O2+. The van der Waals surface area contributed by atoms with Crippen molar-refractivity contribution in [2.75, 3.05) is 13.1 Å². The molecule has 6 heteroatoms. The zero-order valence-corrected chi connectivity index (χ0v) is 12.0. The zero-order valence-electron chi connectivity index (χ0n) is 12.0. The summed E-state index contributed by atoms with van der Waals surface area (Å²) in [5, 5.41) is 16.5. The number of nitrogens with one attached hydrogen (secondary N) is 1. The third kappa shape index (κ3) is 3.66. The minimum Gasteiger partial charge on any atom is -0.339 e. The van der Waals surface area contributed by atoms with E-state index in [2.05, 4.69) is 15.5 Å². The Morgan fingerprint density at radius 2 is 2.19 bits per heavy atom. The zero-order chi connectivity index (χ0) is 14.5. The number of hydroxylamine groups is 1. The van der Waals surface area contributed by atoms with Gasteiger partial charge in [-0.25, -0.2) is 5.21 Å². The van der Waals surface area contributed by atoms with Crippen LogP contribution in [0.15, 0.2) is 40.1 Å². The van der Waals surface area contributed by atoms with Crippen LogP contribution in [0.1, 0.15) is 36.9 Å². The van der Waals surface area contributed by atoms with E-state index in [9.17, 15) is 0 Å². The van der Waals surface area contributed by atoms with E-state index in [4.69, 9.17) is 9.73 Å². The molecule has 1 aromatic rings. The summed E-state index contributed by atoms with van der Waals surface area (Å²) >= 11 is 0. The van der Waals surface area contributed by atoms with Gasteiger partial charge >= 0.3 is 0 Å². The fourth-order valence-electron chi connectivity index (χ4n) is 2.68. The highest BCUT2D eigenvalue weighted by molar-refractivity contribution is 5.27. The van der Waals surface area contributed by atoms with E-state index in [0.717, 1.165) is 55.2 Å². The number of aromatic nitrogens is 2. The highest BCUT2D eigenvalue weighted by atomic mass is 16.5. The van der Waals surface area contributed by atoms with Crippen molar-refractivity contribution in [1.29, 1.82) is 0 Å². The summed E-state index contributed by atoms with van der Waals surface area (Å²) in [4.78, 5) is 4.55. The van der Waals surface area contributed by atoms with Crippen molar-refractivity contribution in [2.45, 2.75) is 31.6 Å². The molecule has 4 N–H and O–H groups in total. The molecule has 1 aromatic heterocycles. The van der Waals surface area contributed by atoms with Crippen molar-refractivity contribution in [2.24, 2.45) is 0 Å². The van der Waals surface area contributed by atoms with Gasteiger partial charge in [0, 0.05) is 18.4 Å². The molecule has 0 spiro atoms. The van der Waals surface area contributed by atoms with Crippen molar-refractivity contribution < 1.29 is 15.2 Å². The molecule has 0 bridgehead atoms. The van der Waals surface area contributed by atoms with Gasteiger partial charge in [0.25, 0.3) is 0 Å². The van der Waals surface area contributed by atoms with Gasteiger partial charge in [-0.15, -0.1) is 0 Å². The lowest BCUT2D eigenvalue weighted by Crippen LogP contribution is -2.77. The fraction of sp³-hybridized carbons (Fsp3) is 0.467. The van der Waals surface area contributed by atoms with Crippen LogP contribution in [0.2, 0.25) is 0 Å². The van der Waals surface area contributed by atoms with Crippen LogP contribution in [-0.2, 0) is 6.42 Å². The molecule has 2 aliphatic rings. The van der Waals surface area contributed by atoms with Gasteiger partial charge in [-0.3, -0.25) is 0 Å². The third-order valence-electron chi connectivity index (χ3n) is 3.91. The van der Waals surface area contributed by atoms with Gasteiger partial charge in [-0.1, -0.05) is 22.9 Å². The Kier molecular flexibility index (Phi) is 4.59. The molecule has 0 radical (unpaired) electrons. The largest absolute Gasteiger partial charge is 0.339 e. The summed E-state index contributed by atoms with van der Waals surface area (Å²) in [6.07, 6.45) is 11.5. The van der Waals surface area contributed by atoms with E-state index in [0.29, 0.717) is 12.3 Å². The van der Waals surface area contributed by atoms with Crippen molar-refractivity contribution in [3.63, 3.8) is 0 Å². The van der Waals surface area contributed by atoms with Gasteiger partial charge in [0.15, 0.2) is 11.5 Å². The first kappa shape index (κ1) is 14.2. The lowest BCUT2D eigenvalue weighted by molar-refractivity contribution is -0.848. The predicted molar refractivity (Wildman–Crippen MR) is 76.5 cm³/mol. The average molecular weight is 289 g/mol. The Morgan fingerprint density at radius 3 is 3.00 bits per heavy atom. The Morgan fingerprint density at radius 1 is 1.33 bits per heavy atom. The second-order valence-corrected chi connectivity index (χ2v) is 5.48. The minimum absolute atomic E-state index is 0.394. The highest BCUT2D eigenvalue weighted by Crippen LogP contribution is 2.24. The van der Waals surface area contributed by atoms with E-state index >= 15 is 0 Å². The second-order valence-electron chi connectivity index (χ2n) is 5.48. The van der Waals surface area contributed by atoms with Gasteiger partial charge in [0.1, 0.15) is 0 Å². The SMILES string of the molecule is O[NH2+]C1=CC=C(Cc2noc(C3CCNCC3)n2)CC=C1. The lowest BCUT2D eigenvalue weighted by Gasteiger charge is -2.18. The molecule has 112 valence electrons. The molecule has 3 rings (SSSR count). The summed E-state index contributed by atoms with van der Waals surface area (Å²) in [6.45, 7) is 2.03. The molecule has 2 heterocycles. The number of rotatable bonds is 4. The standard InChI is InChI=1S/C15H20N4O2/c20-18-13-3-1-2-11(4-5-13)10-14-17-15(21-19-14)12-6-8-16-9-7-12/h1,3-5,12,16,18,20H,2,6-10H2/p+1. The summed E-state index contributed by atoms with van der Waals surface area (Å²) in [7, 11) is 0. The Bertz CT molecular complexity index is 568. The number of nitrogens with two attached hydrogens (primary N) is 1. The number of hydrogen-bond acceptors (Lipinski definition) is 5. The van der Waals surface area contributed by atoms with E-state index in [1.54, 1.807) is 0 Å². The van der Waals surface area contributed by atoms with Crippen molar-refractivity contribution >= 4 is 0 Å². The van der Waals surface area contributed by atoms with Gasteiger partial charge in [-0.05, 0) is 38.4 Å². The number of hydrogen-bond donors (Lipinski definition) is 3. The van der Waals surface area contributed by atoms with E-state index in [-0.39, 0.29) is 0 Å². The van der Waals surface area contributed by atoms with Crippen LogP contribution in [-0.4, -0.2) is 28.4 Å². The fourth-order valence-corrected chi connectivity index (χ4v) is 2.68. The molecule has 1 saturated heterocycles. The Labute approximate surface area is 123 Å². The normalized spacial score (nSPS) is 20.0. The van der Waals surface area contributed by atoms with Crippen LogP contribution in [0.3, 0.4) is 0 Å². The van der Waals surface area contributed by atoms with Gasteiger partial charge < -0.3 is 9.84 Å². The van der Waals surface area contributed by atoms with Crippen LogP contribution in [0, 0.1) is 0 Å². The Balaban J connectivity index is 1.65. The molecule has 0 saturated carbocycles. The van der Waals surface area contributed by atoms with Crippen LogP contribution < -0.4 is 10.8 Å². The molecular weight excluding hydrogens is 268 g/mol. The van der Waals surface area contributed by atoms with E-state index < -0.39 is 0 Å². The topological polar surface area (TPSA) is 87.8 Å². The summed E-state index contributed by atoms with van der Waals surface area (Å²) in [6, 6.07) is 0. The quantitative estimate of drug-likeness (QED) is 0.714. The van der Waals surface area contributed by atoms with E-state index in [1.165, 1.54) is 5.57 Å². The van der Waals surface area contributed by atoms with Crippen LogP contribution in [0.25, 0.3) is 0 Å². The maximum Gasteiger partial charge on any atom is 0.229 e. The van der Waals surface area contributed by atoms with Gasteiger partial charge in [-0.2, -0.15) is 10.5 Å². The molecule has 1 fully saturated rings. The first-order valence-corrected chi connectivity index (χ1v) is 7.42. The molecule has 1 aliphatic heterocycles. The number of piperidine rings is 1. The third-order valence-corrected chi connectivity index (χ3v) is 3.91. The maximum absolute atomic E-state index is 9.02. The van der Waals surface area contributed by atoms with Crippen molar-refractivity contribution in [3.05, 3.63) is 47.3 Å². The average Bonchev–Trinajstić information content (AvgIpc) is 2.87. The van der Waals surface area contributed by atoms with E-state index in [1.807, 2.05) is 24.3 Å². The first-order chi connectivity index (χ1) is 10.3. The molecule has 0 atom stereocenters. The van der Waals surface area contributed by atoms with Gasteiger partial charge in [0.2, 0.25) is 5.89 Å². The maximum atomic E-state index is 9.02. The highest BCUT2D eigenvalue weighted by Gasteiger charge is 2.21. The molecule has 6 nitrogen and oxygen atoms in total. The minimum atomic E-state index is 0.394. The smallest absolute Gasteiger partial charge is 0.229 e. The number of quaternary nitrogens is 1. The summed E-state index contributed by atoms with van der Waals surface area (Å²) < 4.78 is 5.42. The van der Waals surface area contributed by atoms with Crippen LogP contribution in [0.5, 0.6) is 0 Å². The predicted octanol–water partition coefficient (Wildman–Crippen LogP) is 0.802. The van der Waals surface area contributed by atoms with Crippen molar-refractivity contribution in [1.82, 2.24) is 15.5 Å². The molecule has 0 amide bonds.